The molecule has 3 saturated heterocycles. The molecule has 194 valence electrons. The van der Waals surface area contributed by atoms with E-state index in [2.05, 4.69) is 11.1 Å². The summed E-state index contributed by atoms with van der Waals surface area (Å²) in [6.07, 6.45) is 1.05. The fraction of sp³-hybridized carbons (Fsp3) is 0.609. The molecular weight excluding hydrogens is 486 g/mol. The van der Waals surface area contributed by atoms with Crippen LogP contribution in [0, 0.1) is 29.1 Å². The van der Waals surface area contributed by atoms with Gasteiger partial charge in [-0.3, -0.25) is 9.59 Å². The van der Waals surface area contributed by atoms with Gasteiger partial charge in [-0.15, -0.1) is 0 Å². The highest BCUT2D eigenvalue weighted by molar-refractivity contribution is 5.95. The molecule has 2 unspecified atom stereocenters. The Labute approximate surface area is 203 Å². The number of likely N-dealkylation sites (tertiary alicyclic amines) is 1. The number of aromatic nitrogens is 1. The average molecular weight is 511 g/mol. The first-order valence-electron chi connectivity index (χ1n) is 11.6. The van der Waals surface area contributed by atoms with E-state index in [4.69, 9.17) is 15.6 Å². The summed E-state index contributed by atoms with van der Waals surface area (Å²) in [5, 5.41) is 16.5. The van der Waals surface area contributed by atoms with Crippen molar-refractivity contribution in [2.24, 2.45) is 17.6 Å². The molecule has 13 heteroatoms. The Morgan fingerprint density at radius 2 is 1.75 bits per heavy atom. The third-order valence-electron chi connectivity index (χ3n) is 7.52. The molecule has 3 N–H and O–H groups in total. The number of carboxylic acid groups (broad SMARTS) is 1. The zero-order chi connectivity index (χ0) is 26.4. The molecule has 4 heterocycles. The summed E-state index contributed by atoms with van der Waals surface area (Å²) in [7, 11) is 0. The molecule has 0 radical (unpaired) electrons. The van der Waals surface area contributed by atoms with Gasteiger partial charge in [0.25, 0.3) is 5.91 Å². The Morgan fingerprint density at radius 3 is 2.28 bits per heavy atom. The van der Waals surface area contributed by atoms with Crippen LogP contribution in [0.1, 0.15) is 48.9 Å². The summed E-state index contributed by atoms with van der Waals surface area (Å²) >= 11 is 0. The van der Waals surface area contributed by atoms with Gasteiger partial charge in [-0.05, 0) is 56.4 Å². The number of nitrogens with two attached hydrogens (primary N) is 1. The first-order chi connectivity index (χ1) is 16.9. The number of nitrogens with zero attached hydrogens (tertiary/aromatic N) is 4. The predicted octanol–water partition coefficient (Wildman–Crippen LogP) is 2.08. The van der Waals surface area contributed by atoms with Crippen molar-refractivity contribution >= 4 is 17.8 Å². The molecule has 36 heavy (non-hydrogen) atoms. The summed E-state index contributed by atoms with van der Waals surface area (Å²) in [5.74, 6) is -3.25. The van der Waals surface area contributed by atoms with Crippen LogP contribution in [0.3, 0.4) is 0 Å². The van der Waals surface area contributed by atoms with Gasteiger partial charge < -0.3 is 20.6 Å². The molecule has 3 aliphatic heterocycles. The molecule has 4 aliphatic rings. The summed E-state index contributed by atoms with van der Waals surface area (Å²) in [6, 6.07) is 4.19. The molecule has 1 aliphatic carbocycles. The van der Waals surface area contributed by atoms with E-state index < -0.39 is 24.1 Å². The van der Waals surface area contributed by atoms with E-state index in [0.717, 1.165) is 25.7 Å². The molecule has 5 rings (SSSR count). The van der Waals surface area contributed by atoms with Crippen LogP contribution in [0.5, 0.6) is 0 Å². The van der Waals surface area contributed by atoms with E-state index in [1.54, 1.807) is 4.90 Å². The van der Waals surface area contributed by atoms with Crippen molar-refractivity contribution in [3.8, 4) is 6.07 Å². The Morgan fingerprint density at radius 1 is 1.14 bits per heavy atom. The zero-order valence-corrected chi connectivity index (χ0v) is 19.1. The Hall–Kier alpha value is -3.27. The highest BCUT2D eigenvalue weighted by Gasteiger charge is 2.56. The normalized spacial score (nSPS) is 31.0. The van der Waals surface area contributed by atoms with Crippen LogP contribution in [0.15, 0.2) is 18.3 Å². The predicted molar refractivity (Wildman–Crippen MR) is 114 cm³/mol. The van der Waals surface area contributed by atoms with Crippen LogP contribution >= 0.6 is 0 Å². The highest BCUT2D eigenvalue weighted by atomic mass is 19.4. The van der Waals surface area contributed by atoms with Crippen molar-refractivity contribution in [1.82, 2.24) is 14.8 Å². The first-order valence-corrected chi connectivity index (χ1v) is 11.6. The molecule has 1 aromatic rings. The summed E-state index contributed by atoms with van der Waals surface area (Å²) < 4.78 is 45.2. The number of amides is 2. The van der Waals surface area contributed by atoms with Gasteiger partial charge in [0.15, 0.2) is 0 Å². The van der Waals surface area contributed by atoms with E-state index in [1.165, 1.54) is 18.3 Å². The number of aliphatic carboxylic acids is 1. The van der Waals surface area contributed by atoms with E-state index in [-0.39, 0.29) is 41.9 Å². The number of carbonyl (C=O) groups excluding carboxylic acids is 2. The molecule has 2 bridgehead atoms. The van der Waals surface area contributed by atoms with Gasteiger partial charge in [0, 0.05) is 36.0 Å². The number of hydrogen-bond acceptors (Lipinski definition) is 6. The standard InChI is InChI=1S/C21H24FN5O2.C2HF3O2/c22-18-9-11(3-4-25-18)20(28)26-14-1-2-15(26)7-13(6-14)19(24)21(29)27-16(10-23)5-12-8-17(12)27;3-2(4,5)1(6)7/h3-4,9,12-17,19H,1-2,5-8,24H2;(H,6,7)/t12-,13?,14?,15?,16+,17+,19+;/m0./s1. The van der Waals surface area contributed by atoms with Gasteiger partial charge in [0.1, 0.15) is 6.04 Å². The fourth-order valence-corrected chi connectivity index (χ4v) is 5.79. The number of piperidine rings is 2. The lowest BCUT2D eigenvalue weighted by Crippen LogP contribution is -2.55. The van der Waals surface area contributed by atoms with Gasteiger partial charge in [0.2, 0.25) is 11.9 Å². The fourth-order valence-electron chi connectivity index (χ4n) is 5.79. The van der Waals surface area contributed by atoms with Crippen molar-refractivity contribution in [3.63, 3.8) is 0 Å². The van der Waals surface area contributed by atoms with Crippen LogP contribution in [-0.4, -0.2) is 74.1 Å². The number of carbonyl (C=O) groups is 3. The minimum Gasteiger partial charge on any atom is -0.475 e. The maximum absolute atomic E-state index is 13.4. The number of pyridine rings is 1. The molecule has 1 aromatic heterocycles. The van der Waals surface area contributed by atoms with Crippen molar-refractivity contribution in [1.29, 1.82) is 5.26 Å². The number of fused-ring (bicyclic) bond motifs is 3. The summed E-state index contributed by atoms with van der Waals surface area (Å²) in [6.45, 7) is 0. The number of halogens is 4. The van der Waals surface area contributed by atoms with E-state index in [0.29, 0.717) is 24.3 Å². The van der Waals surface area contributed by atoms with Gasteiger partial charge in [0.05, 0.1) is 12.1 Å². The third-order valence-corrected chi connectivity index (χ3v) is 7.52. The zero-order valence-electron chi connectivity index (χ0n) is 19.1. The van der Waals surface area contributed by atoms with Gasteiger partial charge in [-0.1, -0.05) is 0 Å². The van der Waals surface area contributed by atoms with E-state index >= 15 is 0 Å². The lowest BCUT2D eigenvalue weighted by atomic mass is 9.84. The second-order valence-electron chi connectivity index (χ2n) is 9.71. The van der Waals surface area contributed by atoms with Crippen LogP contribution in [0.25, 0.3) is 0 Å². The van der Waals surface area contributed by atoms with Crippen molar-refractivity contribution in [2.75, 3.05) is 0 Å². The number of hydrogen-bond donors (Lipinski definition) is 2. The largest absolute Gasteiger partial charge is 0.490 e. The Kier molecular flexibility index (Phi) is 6.92. The van der Waals surface area contributed by atoms with Gasteiger partial charge in [-0.25, -0.2) is 9.78 Å². The molecule has 4 fully saturated rings. The number of nitriles is 1. The topological polar surface area (TPSA) is 141 Å². The molecular formula is C23H25F4N5O4. The number of rotatable bonds is 3. The number of carboxylic acids is 1. The second kappa shape index (κ2) is 9.65. The van der Waals surface area contributed by atoms with Crippen LogP contribution in [0.2, 0.25) is 0 Å². The van der Waals surface area contributed by atoms with Crippen LogP contribution in [0.4, 0.5) is 17.6 Å². The molecule has 0 aromatic carbocycles. The van der Waals surface area contributed by atoms with E-state index in [9.17, 15) is 32.4 Å². The quantitative estimate of drug-likeness (QED) is 0.468. The van der Waals surface area contributed by atoms with Crippen molar-refractivity contribution in [3.05, 3.63) is 29.8 Å². The maximum Gasteiger partial charge on any atom is 0.490 e. The van der Waals surface area contributed by atoms with Gasteiger partial charge >= 0.3 is 12.1 Å². The third kappa shape index (κ3) is 5.00. The minimum atomic E-state index is -5.08. The monoisotopic (exact) mass is 511 g/mol. The summed E-state index contributed by atoms with van der Waals surface area (Å²) in [4.78, 5) is 42.0. The Balaban J connectivity index is 0.000000384. The SMILES string of the molecule is N#C[C@H]1C[C@H]2C[C@H]2N1C(=O)[C@H](N)C1CC2CCC(C1)N2C(=O)c1ccnc(F)c1.O=C(O)C(F)(F)F. The van der Waals surface area contributed by atoms with Crippen LogP contribution in [-0.2, 0) is 9.59 Å². The Bertz CT molecular complexity index is 1080. The average Bonchev–Trinajstić information content (AvgIpc) is 3.41. The lowest BCUT2D eigenvalue weighted by molar-refractivity contribution is -0.192. The second-order valence-corrected chi connectivity index (χ2v) is 9.71. The summed E-state index contributed by atoms with van der Waals surface area (Å²) in [5.41, 5.74) is 6.72. The number of alkyl halides is 3. The molecule has 0 spiro atoms. The molecule has 9 nitrogen and oxygen atoms in total. The van der Waals surface area contributed by atoms with E-state index in [1.807, 2.05) is 4.90 Å². The van der Waals surface area contributed by atoms with Gasteiger partial charge in [-0.2, -0.15) is 22.8 Å². The van der Waals surface area contributed by atoms with Crippen molar-refractivity contribution in [2.45, 2.75) is 74.9 Å². The molecule has 1 saturated carbocycles. The highest BCUT2D eigenvalue weighted by Crippen LogP contribution is 2.48. The van der Waals surface area contributed by atoms with Crippen LogP contribution < -0.4 is 5.73 Å². The lowest BCUT2D eigenvalue weighted by Gasteiger charge is -2.41. The smallest absolute Gasteiger partial charge is 0.475 e. The maximum atomic E-state index is 13.4. The first kappa shape index (κ1) is 25.8. The molecule has 6 atom stereocenters. The van der Waals surface area contributed by atoms with Crippen molar-refractivity contribution < 1.29 is 37.1 Å². The molecule has 2 amide bonds. The minimum absolute atomic E-state index is 0.00429.